The molecule has 0 bridgehead atoms. The maximum Gasteiger partial charge on any atom is 0.0991 e. The van der Waals surface area contributed by atoms with E-state index in [9.17, 15) is 0 Å². The molecule has 90 valence electrons. The Bertz CT molecular complexity index is 415. The summed E-state index contributed by atoms with van der Waals surface area (Å²) in [5.41, 5.74) is 2.62. The van der Waals surface area contributed by atoms with E-state index in [1.54, 1.807) is 6.20 Å². The fourth-order valence-electron chi connectivity index (χ4n) is 2.00. The molecular weight excluding hydrogens is 208 g/mol. The lowest BCUT2D eigenvalue weighted by molar-refractivity contribution is 0.667. The number of benzene rings is 1. The fraction of sp³-hybridized carbons (Fsp3) is 0.400. The molecule has 2 heteroatoms. The first kappa shape index (κ1) is 11.9. The summed E-state index contributed by atoms with van der Waals surface area (Å²) in [5, 5.41) is 0. The van der Waals surface area contributed by atoms with Gasteiger partial charge in [0.1, 0.15) is 0 Å². The molecule has 0 saturated heterocycles. The molecule has 17 heavy (non-hydrogen) atoms. The van der Waals surface area contributed by atoms with Crippen LogP contribution in [0.1, 0.15) is 38.2 Å². The Morgan fingerprint density at radius 3 is 2.53 bits per heavy atom. The van der Waals surface area contributed by atoms with Gasteiger partial charge in [-0.2, -0.15) is 0 Å². The smallest absolute Gasteiger partial charge is 0.0991 e. The number of aromatic nitrogens is 2. The van der Waals surface area contributed by atoms with Gasteiger partial charge in [0.05, 0.1) is 6.33 Å². The van der Waals surface area contributed by atoms with Gasteiger partial charge in [-0.15, -0.1) is 0 Å². The maximum absolute atomic E-state index is 4.05. The van der Waals surface area contributed by atoms with Crippen molar-refractivity contribution in [2.45, 2.75) is 39.0 Å². The highest BCUT2D eigenvalue weighted by Gasteiger charge is 1.96. The topological polar surface area (TPSA) is 17.8 Å². The highest BCUT2D eigenvalue weighted by molar-refractivity contribution is 5.34. The van der Waals surface area contributed by atoms with Crippen molar-refractivity contribution in [2.75, 3.05) is 0 Å². The molecule has 0 aliphatic heterocycles. The Balaban J connectivity index is 1.90. The van der Waals surface area contributed by atoms with Crippen LogP contribution in [0.15, 0.2) is 43.0 Å². The Labute approximate surface area is 103 Å². The van der Waals surface area contributed by atoms with E-state index in [-0.39, 0.29) is 0 Å². The van der Waals surface area contributed by atoms with E-state index in [1.807, 2.05) is 17.1 Å². The molecule has 0 spiro atoms. The molecule has 0 N–H and O–H groups in total. The van der Waals surface area contributed by atoms with Gasteiger partial charge in [0.2, 0.25) is 0 Å². The van der Waals surface area contributed by atoms with Gasteiger partial charge in [-0.3, -0.25) is 0 Å². The zero-order valence-electron chi connectivity index (χ0n) is 10.5. The molecule has 0 fully saturated rings. The standard InChI is InChI=1S/C15H20N2/c1-2-3-4-5-6-14-7-9-15(10-8-14)17-12-11-16-13-17/h7-13H,2-6H2,1H3. The first-order chi connectivity index (χ1) is 8.40. The lowest BCUT2D eigenvalue weighted by atomic mass is 10.1. The van der Waals surface area contributed by atoms with Crippen molar-refractivity contribution in [1.82, 2.24) is 9.55 Å². The Hall–Kier alpha value is -1.57. The van der Waals surface area contributed by atoms with E-state index in [4.69, 9.17) is 0 Å². The van der Waals surface area contributed by atoms with E-state index in [2.05, 4.69) is 36.2 Å². The number of aryl methyl sites for hydroxylation is 1. The SMILES string of the molecule is CCCCCCc1ccc(-n2ccnc2)cc1. The van der Waals surface area contributed by atoms with E-state index in [0.29, 0.717) is 0 Å². The summed E-state index contributed by atoms with van der Waals surface area (Å²) in [6.07, 6.45) is 12.1. The molecule has 0 radical (unpaired) electrons. The van der Waals surface area contributed by atoms with E-state index in [0.717, 1.165) is 0 Å². The second kappa shape index (κ2) is 6.24. The third-order valence-corrected chi connectivity index (χ3v) is 3.06. The molecule has 2 aromatic rings. The van der Waals surface area contributed by atoms with Crippen LogP contribution < -0.4 is 0 Å². The van der Waals surface area contributed by atoms with Crippen LogP contribution in [-0.2, 0) is 6.42 Å². The Kier molecular flexibility index (Phi) is 4.37. The quantitative estimate of drug-likeness (QED) is 0.683. The third kappa shape index (κ3) is 3.45. The van der Waals surface area contributed by atoms with Crippen molar-refractivity contribution >= 4 is 0 Å². The summed E-state index contributed by atoms with van der Waals surface area (Å²) in [4.78, 5) is 4.05. The van der Waals surface area contributed by atoms with E-state index in [1.165, 1.54) is 43.4 Å². The van der Waals surface area contributed by atoms with Crippen LogP contribution in [-0.4, -0.2) is 9.55 Å². The lowest BCUT2D eigenvalue weighted by Gasteiger charge is -2.04. The van der Waals surface area contributed by atoms with Gasteiger partial charge in [-0.1, -0.05) is 38.3 Å². The second-order valence-corrected chi connectivity index (χ2v) is 4.45. The fourth-order valence-corrected chi connectivity index (χ4v) is 2.00. The monoisotopic (exact) mass is 228 g/mol. The van der Waals surface area contributed by atoms with Crippen molar-refractivity contribution in [1.29, 1.82) is 0 Å². The average Bonchev–Trinajstić information content (AvgIpc) is 2.89. The van der Waals surface area contributed by atoms with Crippen LogP contribution in [0.3, 0.4) is 0 Å². The minimum absolute atomic E-state index is 1.18. The summed E-state index contributed by atoms with van der Waals surface area (Å²) >= 11 is 0. The minimum Gasteiger partial charge on any atom is -0.306 e. The van der Waals surface area contributed by atoms with Crippen molar-refractivity contribution in [3.05, 3.63) is 48.5 Å². The Morgan fingerprint density at radius 2 is 1.88 bits per heavy atom. The van der Waals surface area contributed by atoms with Gasteiger partial charge < -0.3 is 4.57 Å². The molecule has 0 amide bonds. The number of hydrogen-bond donors (Lipinski definition) is 0. The molecule has 0 atom stereocenters. The number of rotatable bonds is 6. The van der Waals surface area contributed by atoms with Gasteiger partial charge >= 0.3 is 0 Å². The normalized spacial score (nSPS) is 10.6. The molecule has 0 saturated carbocycles. The van der Waals surface area contributed by atoms with Crippen molar-refractivity contribution in [3.8, 4) is 5.69 Å². The largest absolute Gasteiger partial charge is 0.306 e. The third-order valence-electron chi connectivity index (χ3n) is 3.06. The summed E-state index contributed by atoms with van der Waals surface area (Å²) in [6, 6.07) is 8.77. The predicted molar refractivity (Wildman–Crippen MR) is 71.4 cm³/mol. The highest BCUT2D eigenvalue weighted by Crippen LogP contribution is 2.12. The lowest BCUT2D eigenvalue weighted by Crippen LogP contribution is -1.91. The molecule has 1 aromatic carbocycles. The van der Waals surface area contributed by atoms with Crippen LogP contribution in [0.2, 0.25) is 0 Å². The first-order valence-electron chi connectivity index (χ1n) is 6.47. The summed E-state index contributed by atoms with van der Waals surface area (Å²) in [7, 11) is 0. The van der Waals surface area contributed by atoms with Crippen LogP contribution in [0.25, 0.3) is 5.69 Å². The zero-order chi connectivity index (χ0) is 11.9. The number of hydrogen-bond acceptors (Lipinski definition) is 1. The average molecular weight is 228 g/mol. The molecule has 0 aliphatic carbocycles. The zero-order valence-corrected chi connectivity index (χ0v) is 10.5. The van der Waals surface area contributed by atoms with Crippen LogP contribution in [0.5, 0.6) is 0 Å². The van der Waals surface area contributed by atoms with Crippen molar-refractivity contribution in [2.24, 2.45) is 0 Å². The van der Waals surface area contributed by atoms with Crippen LogP contribution in [0.4, 0.5) is 0 Å². The van der Waals surface area contributed by atoms with Crippen molar-refractivity contribution < 1.29 is 0 Å². The van der Waals surface area contributed by atoms with Crippen LogP contribution >= 0.6 is 0 Å². The van der Waals surface area contributed by atoms with E-state index >= 15 is 0 Å². The number of unbranched alkanes of at least 4 members (excludes halogenated alkanes) is 3. The van der Waals surface area contributed by atoms with Gasteiger partial charge in [0, 0.05) is 18.1 Å². The molecule has 2 rings (SSSR count). The summed E-state index contributed by atoms with van der Waals surface area (Å²) < 4.78 is 2.03. The number of nitrogens with zero attached hydrogens (tertiary/aromatic N) is 2. The van der Waals surface area contributed by atoms with Gasteiger partial charge in [0.25, 0.3) is 0 Å². The molecule has 0 aliphatic rings. The highest BCUT2D eigenvalue weighted by atomic mass is 15.0. The summed E-state index contributed by atoms with van der Waals surface area (Å²) in [6.45, 7) is 2.25. The number of imidazole rings is 1. The molecule has 2 nitrogen and oxygen atoms in total. The van der Waals surface area contributed by atoms with E-state index < -0.39 is 0 Å². The van der Waals surface area contributed by atoms with Gasteiger partial charge in [-0.25, -0.2) is 4.98 Å². The molecule has 1 aromatic heterocycles. The van der Waals surface area contributed by atoms with Crippen molar-refractivity contribution in [3.63, 3.8) is 0 Å². The van der Waals surface area contributed by atoms with Gasteiger partial charge in [-0.05, 0) is 30.5 Å². The summed E-state index contributed by atoms with van der Waals surface area (Å²) in [5.74, 6) is 0. The minimum atomic E-state index is 1.18. The predicted octanol–water partition coefficient (Wildman–Crippen LogP) is 4.00. The van der Waals surface area contributed by atoms with Crippen LogP contribution in [0, 0.1) is 0 Å². The molecule has 1 heterocycles. The second-order valence-electron chi connectivity index (χ2n) is 4.45. The maximum atomic E-state index is 4.05. The van der Waals surface area contributed by atoms with Gasteiger partial charge in [0.15, 0.2) is 0 Å². The Morgan fingerprint density at radius 1 is 1.06 bits per heavy atom. The first-order valence-corrected chi connectivity index (χ1v) is 6.47. The molecular formula is C15H20N2. The molecule has 0 unspecified atom stereocenters.